The lowest BCUT2D eigenvalue weighted by atomic mass is 9.77. The van der Waals surface area contributed by atoms with Gasteiger partial charge in [0, 0.05) is 47.2 Å². The fourth-order valence-corrected chi connectivity index (χ4v) is 6.48. The first-order valence-electron chi connectivity index (χ1n) is 11.7. The number of carbonyl (C=O) groups excluding carboxylic acids is 1. The number of nitrogens with zero attached hydrogens (tertiary/aromatic N) is 2. The molecule has 2 rings (SSSR count). The summed E-state index contributed by atoms with van der Waals surface area (Å²) < 4.78 is 0. The second kappa shape index (κ2) is 8.47. The van der Waals surface area contributed by atoms with Crippen molar-refractivity contribution in [3.8, 4) is 0 Å². The Kier molecular flexibility index (Phi) is 7.19. The molecule has 5 heteroatoms. The standard InChI is InChI=1S/C24H48N4O/c1-11-28-23(6,7)16-19(17-24(28,8)9)26-20(29)12-13-25-18-14-21(2,3)27(10)22(4,5)15-18/h18-19,25H,11-17H2,1-10H3,(H,26,29). The van der Waals surface area contributed by atoms with E-state index in [0.29, 0.717) is 12.5 Å². The summed E-state index contributed by atoms with van der Waals surface area (Å²) in [5.74, 6) is 0.186. The minimum absolute atomic E-state index is 0.109. The molecule has 0 atom stereocenters. The molecule has 0 spiro atoms. The Morgan fingerprint density at radius 3 is 1.72 bits per heavy atom. The predicted octanol–water partition coefficient (Wildman–Crippen LogP) is 3.78. The van der Waals surface area contributed by atoms with Crippen LogP contribution < -0.4 is 10.6 Å². The number of rotatable bonds is 6. The molecule has 0 unspecified atom stereocenters. The van der Waals surface area contributed by atoms with Crippen LogP contribution in [0.15, 0.2) is 0 Å². The molecule has 2 heterocycles. The van der Waals surface area contributed by atoms with Gasteiger partial charge in [-0.3, -0.25) is 14.6 Å². The summed E-state index contributed by atoms with van der Waals surface area (Å²) in [4.78, 5) is 17.7. The Bertz CT molecular complexity index is 545. The zero-order valence-corrected chi connectivity index (χ0v) is 20.9. The van der Waals surface area contributed by atoms with Crippen molar-refractivity contribution in [2.75, 3.05) is 20.1 Å². The second-order valence-electron chi connectivity index (χ2n) is 12.0. The zero-order chi connectivity index (χ0) is 22.3. The number of carbonyl (C=O) groups is 1. The number of amides is 1. The maximum absolute atomic E-state index is 12.7. The molecule has 2 saturated heterocycles. The lowest BCUT2D eigenvalue weighted by molar-refractivity contribution is -0.123. The van der Waals surface area contributed by atoms with Crippen molar-refractivity contribution in [1.82, 2.24) is 20.4 Å². The Morgan fingerprint density at radius 2 is 1.28 bits per heavy atom. The van der Waals surface area contributed by atoms with Gasteiger partial charge in [0.05, 0.1) is 0 Å². The zero-order valence-electron chi connectivity index (χ0n) is 20.9. The van der Waals surface area contributed by atoms with E-state index < -0.39 is 0 Å². The molecule has 0 aromatic carbocycles. The summed E-state index contributed by atoms with van der Waals surface area (Å²) in [6, 6.07) is 0.728. The predicted molar refractivity (Wildman–Crippen MR) is 123 cm³/mol. The Morgan fingerprint density at radius 1 is 0.828 bits per heavy atom. The number of nitrogens with one attached hydrogen (secondary N) is 2. The van der Waals surface area contributed by atoms with Gasteiger partial charge in [0.1, 0.15) is 0 Å². The third-order valence-corrected chi connectivity index (χ3v) is 7.73. The van der Waals surface area contributed by atoms with Crippen molar-refractivity contribution in [3.63, 3.8) is 0 Å². The van der Waals surface area contributed by atoms with E-state index in [1.807, 2.05) is 0 Å². The average molecular weight is 409 g/mol. The Labute approximate surface area is 180 Å². The maximum atomic E-state index is 12.7. The van der Waals surface area contributed by atoms with Crippen LogP contribution in [-0.4, -0.2) is 70.1 Å². The average Bonchev–Trinajstić information content (AvgIpc) is 2.49. The van der Waals surface area contributed by atoms with Crippen molar-refractivity contribution in [2.45, 2.75) is 129 Å². The molecule has 2 N–H and O–H groups in total. The fourth-order valence-electron chi connectivity index (χ4n) is 6.48. The van der Waals surface area contributed by atoms with Crippen LogP contribution in [0.4, 0.5) is 0 Å². The monoisotopic (exact) mass is 408 g/mol. The summed E-state index contributed by atoms with van der Waals surface area (Å²) in [6.45, 7) is 22.6. The molecule has 1 amide bonds. The van der Waals surface area contributed by atoms with Crippen molar-refractivity contribution < 1.29 is 4.79 Å². The summed E-state index contributed by atoms with van der Waals surface area (Å²) >= 11 is 0. The first-order valence-corrected chi connectivity index (χ1v) is 11.7. The van der Waals surface area contributed by atoms with Crippen LogP contribution in [0.3, 0.4) is 0 Å². The van der Waals surface area contributed by atoms with E-state index in [1.165, 1.54) is 0 Å². The van der Waals surface area contributed by atoms with Crippen LogP contribution in [0.5, 0.6) is 0 Å². The quantitative estimate of drug-likeness (QED) is 0.702. The lowest BCUT2D eigenvalue weighted by Crippen LogP contribution is -2.64. The van der Waals surface area contributed by atoms with Gasteiger partial charge >= 0.3 is 0 Å². The Hall–Kier alpha value is -0.650. The van der Waals surface area contributed by atoms with Crippen LogP contribution in [0.1, 0.15) is 94.4 Å². The maximum Gasteiger partial charge on any atom is 0.221 e. The topological polar surface area (TPSA) is 47.6 Å². The third-order valence-electron chi connectivity index (χ3n) is 7.73. The van der Waals surface area contributed by atoms with E-state index in [9.17, 15) is 4.79 Å². The van der Waals surface area contributed by atoms with E-state index >= 15 is 0 Å². The van der Waals surface area contributed by atoms with Gasteiger partial charge in [-0.1, -0.05) is 6.92 Å². The van der Waals surface area contributed by atoms with Crippen LogP contribution in [0.2, 0.25) is 0 Å². The molecular formula is C24H48N4O. The number of hydrogen-bond donors (Lipinski definition) is 2. The van der Waals surface area contributed by atoms with Gasteiger partial charge < -0.3 is 10.6 Å². The van der Waals surface area contributed by atoms with Crippen molar-refractivity contribution in [1.29, 1.82) is 0 Å². The molecule has 2 fully saturated rings. The summed E-state index contributed by atoms with van der Waals surface area (Å²) in [6.07, 6.45) is 4.82. The highest BCUT2D eigenvalue weighted by Gasteiger charge is 2.45. The van der Waals surface area contributed by atoms with Crippen LogP contribution in [0.25, 0.3) is 0 Å². The van der Waals surface area contributed by atoms with E-state index in [-0.39, 0.29) is 34.1 Å². The molecule has 0 aromatic heterocycles. The molecule has 5 nitrogen and oxygen atoms in total. The third kappa shape index (κ3) is 5.74. The minimum atomic E-state index is 0.109. The van der Waals surface area contributed by atoms with Crippen LogP contribution in [-0.2, 0) is 4.79 Å². The normalized spacial score (nSPS) is 27.7. The molecule has 0 radical (unpaired) electrons. The van der Waals surface area contributed by atoms with Crippen molar-refractivity contribution in [2.24, 2.45) is 0 Å². The van der Waals surface area contributed by atoms with E-state index in [2.05, 4.69) is 89.8 Å². The van der Waals surface area contributed by atoms with Gasteiger partial charge in [-0.15, -0.1) is 0 Å². The van der Waals surface area contributed by atoms with Gasteiger partial charge in [-0.05, 0) is 94.7 Å². The van der Waals surface area contributed by atoms with E-state index in [0.717, 1.165) is 38.8 Å². The SMILES string of the molecule is CCN1C(C)(C)CC(NC(=O)CCNC2CC(C)(C)N(C)C(C)(C)C2)CC1(C)C. The number of piperidine rings is 2. The molecule has 0 bridgehead atoms. The summed E-state index contributed by atoms with van der Waals surface area (Å²) in [5.41, 5.74) is 0.564. The molecular weight excluding hydrogens is 360 g/mol. The molecule has 2 aliphatic heterocycles. The molecule has 170 valence electrons. The van der Waals surface area contributed by atoms with Gasteiger partial charge in [0.25, 0.3) is 0 Å². The molecule has 0 aliphatic carbocycles. The second-order valence-corrected chi connectivity index (χ2v) is 12.0. The molecule has 2 aliphatic rings. The number of likely N-dealkylation sites (tertiary alicyclic amines) is 2. The van der Waals surface area contributed by atoms with Gasteiger partial charge in [0.2, 0.25) is 5.91 Å². The number of hydrogen-bond acceptors (Lipinski definition) is 4. The molecule has 29 heavy (non-hydrogen) atoms. The lowest BCUT2D eigenvalue weighted by Gasteiger charge is -2.55. The van der Waals surface area contributed by atoms with Crippen LogP contribution >= 0.6 is 0 Å². The van der Waals surface area contributed by atoms with Gasteiger partial charge in [-0.2, -0.15) is 0 Å². The first-order chi connectivity index (χ1) is 13.1. The summed E-state index contributed by atoms with van der Waals surface area (Å²) in [5, 5.41) is 7.01. The smallest absolute Gasteiger partial charge is 0.221 e. The first kappa shape index (κ1) is 24.6. The van der Waals surface area contributed by atoms with Gasteiger partial charge in [-0.25, -0.2) is 0 Å². The van der Waals surface area contributed by atoms with Gasteiger partial charge in [0.15, 0.2) is 0 Å². The highest BCUT2D eigenvalue weighted by molar-refractivity contribution is 5.76. The highest BCUT2D eigenvalue weighted by Crippen LogP contribution is 2.38. The minimum Gasteiger partial charge on any atom is -0.353 e. The molecule has 0 aromatic rings. The van der Waals surface area contributed by atoms with Crippen molar-refractivity contribution >= 4 is 5.91 Å². The Balaban J connectivity index is 1.83. The van der Waals surface area contributed by atoms with Crippen LogP contribution in [0, 0.1) is 0 Å². The fraction of sp³-hybridized carbons (Fsp3) is 0.958. The van der Waals surface area contributed by atoms with E-state index in [4.69, 9.17) is 0 Å². The highest BCUT2D eigenvalue weighted by atomic mass is 16.1. The van der Waals surface area contributed by atoms with E-state index in [1.54, 1.807) is 0 Å². The molecule has 0 saturated carbocycles. The summed E-state index contributed by atoms with van der Waals surface area (Å²) in [7, 11) is 2.23. The van der Waals surface area contributed by atoms with Crippen molar-refractivity contribution in [3.05, 3.63) is 0 Å². The largest absolute Gasteiger partial charge is 0.353 e.